The van der Waals surface area contributed by atoms with E-state index in [0.717, 1.165) is 56.1 Å². The van der Waals surface area contributed by atoms with Gasteiger partial charge in [-0.2, -0.15) is 12.7 Å². The van der Waals surface area contributed by atoms with Crippen LogP contribution in [0.4, 0.5) is 17.2 Å². The molecule has 7 nitrogen and oxygen atoms in total. The van der Waals surface area contributed by atoms with Crippen molar-refractivity contribution in [3.8, 4) is 45.3 Å². The van der Waals surface area contributed by atoms with Gasteiger partial charge in [0.25, 0.3) is 0 Å². The number of pyridine rings is 2. The number of aryl methyl sites for hydroxylation is 4. The van der Waals surface area contributed by atoms with E-state index in [0.29, 0.717) is 11.5 Å². The van der Waals surface area contributed by atoms with Crippen LogP contribution < -0.4 is 14.5 Å². The van der Waals surface area contributed by atoms with Crippen molar-refractivity contribution in [1.29, 1.82) is 0 Å². The number of anilines is 3. The summed E-state index contributed by atoms with van der Waals surface area (Å²) in [5, 5.41) is 4.70. The fourth-order valence-corrected chi connectivity index (χ4v) is 10.7. The largest absolute Gasteiger partial charge is 0.509 e. The predicted octanol–water partition coefficient (Wildman–Crippen LogP) is 15.6. The Morgan fingerprint density at radius 3 is 1.87 bits per heavy atom. The molecule has 348 valence electrons. The fourth-order valence-electron chi connectivity index (χ4n) is 10.7. The topological polar surface area (TPSA) is 51.4 Å². The van der Waals surface area contributed by atoms with Crippen molar-refractivity contribution in [2.45, 2.75) is 53.9 Å². The Morgan fingerprint density at radius 1 is 0.571 bits per heavy atom. The molecule has 0 atom stereocenters. The SMILES string of the molecule is Cc1cc(C)c2c3c(C)cc(C)c(-c4ccccc4)c3n(-c3ccnc(-n4c5[c-]c(Oc6[c-]c(N7[CH-]N(C)c8cccnc87)cc(C(C)(C)C)c6)ccc5c5ccccc54)c3)c2c1-c1ccccc1.[Pt]. The maximum Gasteiger partial charge on any atom is 0.137 e. The Labute approximate surface area is 423 Å². The van der Waals surface area contributed by atoms with Crippen molar-refractivity contribution in [1.82, 2.24) is 19.1 Å². The van der Waals surface area contributed by atoms with E-state index in [9.17, 15) is 0 Å². The van der Waals surface area contributed by atoms with E-state index in [1.807, 2.05) is 38.2 Å². The molecule has 0 spiro atoms. The van der Waals surface area contributed by atoms with Gasteiger partial charge < -0.3 is 23.7 Å². The van der Waals surface area contributed by atoms with Gasteiger partial charge in [0.2, 0.25) is 0 Å². The third-order valence-corrected chi connectivity index (χ3v) is 13.8. The summed E-state index contributed by atoms with van der Waals surface area (Å²) in [5.41, 5.74) is 17.9. The summed E-state index contributed by atoms with van der Waals surface area (Å²) in [7, 11) is 2.04. The molecule has 5 heterocycles. The van der Waals surface area contributed by atoms with Gasteiger partial charge in [-0.05, 0) is 103 Å². The van der Waals surface area contributed by atoms with Crippen LogP contribution in [0.2, 0.25) is 0 Å². The molecular weight excluding hydrogens is 1040 g/mol. The summed E-state index contributed by atoms with van der Waals surface area (Å²) in [6.07, 6.45) is 3.78. The van der Waals surface area contributed by atoms with E-state index in [-0.39, 0.29) is 26.5 Å². The zero-order valence-corrected chi connectivity index (χ0v) is 42.8. The van der Waals surface area contributed by atoms with Gasteiger partial charge >= 0.3 is 0 Å². The average Bonchev–Trinajstić information content (AvgIpc) is 4.00. The maximum atomic E-state index is 6.83. The van der Waals surface area contributed by atoms with E-state index in [1.165, 1.54) is 66.3 Å². The first kappa shape index (κ1) is 45.0. The van der Waals surface area contributed by atoms with Crippen LogP contribution in [-0.2, 0) is 26.5 Å². The molecule has 0 amide bonds. The molecule has 11 aromatic rings. The first-order chi connectivity index (χ1) is 33.4. The van der Waals surface area contributed by atoms with Crippen molar-refractivity contribution >= 4 is 60.8 Å². The summed E-state index contributed by atoms with van der Waals surface area (Å²) >= 11 is 0. The van der Waals surface area contributed by atoms with Crippen molar-refractivity contribution in [3.63, 3.8) is 0 Å². The third kappa shape index (κ3) is 7.29. The maximum absolute atomic E-state index is 6.83. The van der Waals surface area contributed by atoms with Crippen molar-refractivity contribution < 1.29 is 25.8 Å². The minimum atomic E-state index is -0.161. The number of hydrogen-bond donors (Lipinski definition) is 0. The second-order valence-electron chi connectivity index (χ2n) is 19.5. The average molecular weight is 1090 g/mol. The van der Waals surface area contributed by atoms with Crippen molar-refractivity contribution in [2.24, 2.45) is 0 Å². The molecule has 70 heavy (non-hydrogen) atoms. The van der Waals surface area contributed by atoms with Crippen LogP contribution in [0, 0.1) is 46.5 Å². The Kier molecular flexibility index (Phi) is 11.0. The summed E-state index contributed by atoms with van der Waals surface area (Å²) in [4.78, 5) is 14.1. The number of nitrogens with zero attached hydrogens (tertiary/aromatic N) is 6. The van der Waals surface area contributed by atoms with Gasteiger partial charge in [-0.1, -0.05) is 123 Å². The molecule has 12 rings (SSSR count). The van der Waals surface area contributed by atoms with Crippen LogP contribution in [0.1, 0.15) is 48.6 Å². The van der Waals surface area contributed by atoms with Crippen molar-refractivity contribution in [2.75, 3.05) is 16.8 Å². The molecule has 1 aliphatic rings. The summed E-state index contributed by atoms with van der Waals surface area (Å²) in [5.74, 6) is 2.81. The molecule has 0 unspecified atom stereocenters. The molecular formula is C62H51N6OPt-3. The number of rotatable bonds is 7. The summed E-state index contributed by atoms with van der Waals surface area (Å²) in [6, 6.07) is 59.1. The van der Waals surface area contributed by atoms with Gasteiger partial charge in [0.15, 0.2) is 0 Å². The smallest absolute Gasteiger partial charge is 0.137 e. The van der Waals surface area contributed by atoms with Gasteiger partial charge in [-0.3, -0.25) is 0 Å². The molecule has 0 N–H and O–H groups in total. The van der Waals surface area contributed by atoms with E-state index in [2.05, 4.69) is 213 Å². The minimum Gasteiger partial charge on any atom is -0.509 e. The number of ether oxygens (including phenoxy) is 1. The fraction of sp³-hybridized carbons (Fsp3) is 0.145. The summed E-state index contributed by atoms with van der Waals surface area (Å²) in [6.45, 7) is 17.7. The van der Waals surface area contributed by atoms with E-state index in [4.69, 9.17) is 14.7 Å². The van der Waals surface area contributed by atoms with Crippen LogP contribution in [0.25, 0.3) is 77.4 Å². The molecule has 0 bridgehead atoms. The standard InChI is InChI=1S/C62H51N6O.Pt/c1-38-30-40(3)57-58-41(4)31-39(2)56(43-20-13-10-14-21-43)60(58)67(59(57)55(38)42-18-11-9-12-19-42)45-27-29-63-54(35-45)68-51-23-16-15-22-49(51)50-26-25-47(36-53(50)68)69-48-33-44(62(5,6)7)32-46(34-48)66-37-65(8)52-24-17-28-64-61(52)66;/h9-33,35,37H,1-8H3;/q-3;. The summed E-state index contributed by atoms with van der Waals surface area (Å²) < 4.78 is 11.6. The number of para-hydroxylation sites is 1. The zero-order chi connectivity index (χ0) is 47.3. The quantitative estimate of drug-likeness (QED) is 0.149. The Bertz CT molecular complexity index is 3740. The molecule has 0 radical (unpaired) electrons. The normalized spacial score (nSPS) is 12.6. The molecule has 4 aromatic heterocycles. The molecule has 1 aliphatic heterocycles. The van der Waals surface area contributed by atoms with Crippen LogP contribution in [0.3, 0.4) is 0 Å². The van der Waals surface area contributed by atoms with Crippen LogP contribution in [0.15, 0.2) is 158 Å². The number of hydrogen-bond acceptors (Lipinski definition) is 5. The van der Waals surface area contributed by atoms with Gasteiger partial charge in [0, 0.05) is 84.1 Å². The van der Waals surface area contributed by atoms with Crippen LogP contribution in [0.5, 0.6) is 11.5 Å². The van der Waals surface area contributed by atoms with Crippen molar-refractivity contribution in [3.05, 3.63) is 205 Å². The Balaban J connectivity index is 0.00000533. The first-order valence-electron chi connectivity index (χ1n) is 23.6. The Hall–Kier alpha value is -7.47. The van der Waals surface area contributed by atoms with E-state index < -0.39 is 0 Å². The molecule has 0 fully saturated rings. The monoisotopic (exact) mass is 1090 g/mol. The molecule has 0 aliphatic carbocycles. The molecule has 7 aromatic carbocycles. The van der Waals surface area contributed by atoms with E-state index >= 15 is 0 Å². The van der Waals surface area contributed by atoms with Gasteiger partial charge in [-0.15, -0.1) is 41.3 Å². The Morgan fingerprint density at radius 2 is 1.21 bits per heavy atom. The van der Waals surface area contributed by atoms with E-state index in [1.54, 1.807) is 0 Å². The molecule has 8 heteroatoms. The number of aromatic nitrogens is 4. The minimum absolute atomic E-state index is 0. The van der Waals surface area contributed by atoms with Gasteiger partial charge in [0.1, 0.15) is 11.6 Å². The third-order valence-electron chi connectivity index (χ3n) is 13.8. The zero-order valence-electron chi connectivity index (χ0n) is 40.5. The van der Waals surface area contributed by atoms with Gasteiger partial charge in [0.05, 0.1) is 16.7 Å². The predicted molar refractivity (Wildman–Crippen MR) is 285 cm³/mol. The number of fused-ring (bicyclic) bond motifs is 7. The first-order valence-corrected chi connectivity index (χ1v) is 23.6. The van der Waals surface area contributed by atoms with Gasteiger partial charge in [-0.25, -0.2) is 9.97 Å². The van der Waals surface area contributed by atoms with Crippen LogP contribution in [-0.4, -0.2) is 26.1 Å². The van der Waals surface area contributed by atoms with Crippen LogP contribution >= 0.6 is 0 Å². The number of benzene rings is 7. The second-order valence-corrected chi connectivity index (χ2v) is 19.5. The molecule has 0 saturated heterocycles. The molecule has 0 saturated carbocycles. The second kappa shape index (κ2) is 17.2.